The fourth-order valence-electron chi connectivity index (χ4n) is 6.45. The number of hydrogen-bond donors (Lipinski definition) is 4. The number of urea groups is 1. The first kappa shape index (κ1) is 33.5. The van der Waals surface area contributed by atoms with Crippen molar-refractivity contribution in [2.24, 2.45) is 0 Å². The van der Waals surface area contributed by atoms with Crippen molar-refractivity contribution in [1.29, 1.82) is 0 Å². The fraction of sp³-hybridized carbons (Fsp3) is 0.262. The molecule has 0 radical (unpaired) electrons. The van der Waals surface area contributed by atoms with Crippen LogP contribution in [-0.4, -0.2) is 29.5 Å². The number of phenols is 2. The number of para-hydroxylation sites is 4. The molecule has 0 aromatic heterocycles. The second kappa shape index (κ2) is 15.6. The van der Waals surface area contributed by atoms with Gasteiger partial charge in [-0.15, -0.1) is 0 Å². The van der Waals surface area contributed by atoms with Gasteiger partial charge in [-0.05, 0) is 87.2 Å². The Morgan fingerprint density at radius 3 is 1.49 bits per heavy atom. The monoisotopic (exact) mass is 656 g/mol. The third kappa shape index (κ3) is 8.00. The highest BCUT2D eigenvalue weighted by atomic mass is 16.5. The van der Waals surface area contributed by atoms with Crippen LogP contribution in [0.2, 0.25) is 0 Å². The first-order valence-corrected chi connectivity index (χ1v) is 17.1. The smallest absolute Gasteiger partial charge is 0.319 e. The maximum atomic E-state index is 12.8. The molecule has 5 aromatic rings. The SMILES string of the molecule is CCCOc1c2cccc1Cc1cccc(c1O)Cc1cc(CNC(=O)Nc3ccccc3)cc(c1OCCC)Cc1cccc(c1O)C2. The van der Waals surface area contributed by atoms with Crippen LogP contribution in [0.15, 0.2) is 97.1 Å². The Hall–Kier alpha value is -5.43. The van der Waals surface area contributed by atoms with Gasteiger partial charge in [0.1, 0.15) is 23.0 Å². The molecule has 0 heterocycles. The number of aromatic hydroxyl groups is 2. The fourth-order valence-corrected chi connectivity index (χ4v) is 6.45. The largest absolute Gasteiger partial charge is 0.507 e. The summed E-state index contributed by atoms with van der Waals surface area (Å²) in [6.07, 6.45) is 3.50. The Kier molecular flexibility index (Phi) is 10.7. The summed E-state index contributed by atoms with van der Waals surface area (Å²) in [5, 5.41) is 29.3. The van der Waals surface area contributed by atoms with Crippen LogP contribution in [0.5, 0.6) is 23.0 Å². The Bertz CT molecular complexity index is 1820. The number of amides is 2. The predicted molar refractivity (Wildman–Crippen MR) is 194 cm³/mol. The lowest BCUT2D eigenvalue weighted by Gasteiger charge is -2.21. The van der Waals surface area contributed by atoms with Crippen molar-refractivity contribution in [2.75, 3.05) is 18.5 Å². The van der Waals surface area contributed by atoms with Gasteiger partial charge in [0.25, 0.3) is 0 Å². The summed E-state index contributed by atoms with van der Waals surface area (Å²) in [6, 6.07) is 31.0. The third-order valence-electron chi connectivity index (χ3n) is 8.80. The number of fused-ring (bicyclic) bond motifs is 8. The van der Waals surface area contributed by atoms with Crippen LogP contribution in [0.1, 0.15) is 76.8 Å². The van der Waals surface area contributed by atoms with Gasteiger partial charge in [0.05, 0.1) is 13.2 Å². The zero-order valence-corrected chi connectivity index (χ0v) is 28.2. The number of anilines is 1. The van der Waals surface area contributed by atoms with Crippen molar-refractivity contribution < 1.29 is 24.5 Å². The van der Waals surface area contributed by atoms with Crippen LogP contribution < -0.4 is 20.1 Å². The molecule has 0 atom stereocenters. The second-order valence-corrected chi connectivity index (χ2v) is 12.6. The van der Waals surface area contributed by atoms with E-state index in [1.165, 1.54) is 0 Å². The lowest BCUT2D eigenvalue weighted by Crippen LogP contribution is -2.28. The van der Waals surface area contributed by atoms with Crippen LogP contribution in [0.25, 0.3) is 0 Å². The maximum absolute atomic E-state index is 12.8. The third-order valence-corrected chi connectivity index (χ3v) is 8.80. The highest BCUT2D eigenvalue weighted by molar-refractivity contribution is 5.89. The molecule has 4 N–H and O–H groups in total. The number of benzene rings is 5. The van der Waals surface area contributed by atoms with Gasteiger partial charge in [-0.1, -0.05) is 86.6 Å². The van der Waals surface area contributed by atoms with Crippen LogP contribution in [0.3, 0.4) is 0 Å². The summed E-state index contributed by atoms with van der Waals surface area (Å²) in [4.78, 5) is 12.8. The first-order valence-electron chi connectivity index (χ1n) is 17.1. The van der Waals surface area contributed by atoms with E-state index >= 15 is 0 Å². The molecule has 0 spiro atoms. The zero-order valence-electron chi connectivity index (χ0n) is 28.2. The summed E-state index contributed by atoms with van der Waals surface area (Å²) in [7, 11) is 0. The number of nitrogens with one attached hydrogen (secondary N) is 2. The van der Waals surface area contributed by atoms with E-state index in [2.05, 4.69) is 24.5 Å². The molecule has 0 unspecified atom stereocenters. The van der Waals surface area contributed by atoms with Crippen LogP contribution in [0.4, 0.5) is 10.5 Å². The molecular weight excluding hydrogens is 612 g/mol. The van der Waals surface area contributed by atoms with Crippen molar-refractivity contribution in [3.63, 3.8) is 0 Å². The molecule has 7 heteroatoms. The molecule has 0 aliphatic heterocycles. The van der Waals surface area contributed by atoms with Gasteiger partial charge in [-0.3, -0.25) is 0 Å². The topological polar surface area (TPSA) is 100 Å². The normalized spacial score (nSPS) is 12.2. The van der Waals surface area contributed by atoms with Crippen molar-refractivity contribution in [3.05, 3.63) is 147 Å². The molecule has 6 rings (SSSR count). The Morgan fingerprint density at radius 1 is 0.592 bits per heavy atom. The Morgan fingerprint density at radius 2 is 1.02 bits per heavy atom. The molecule has 49 heavy (non-hydrogen) atoms. The van der Waals surface area contributed by atoms with Gasteiger partial charge in [0, 0.05) is 37.9 Å². The van der Waals surface area contributed by atoms with Crippen molar-refractivity contribution in [2.45, 2.75) is 58.9 Å². The molecule has 0 saturated heterocycles. The lowest BCUT2D eigenvalue weighted by atomic mass is 9.90. The summed E-state index contributed by atoms with van der Waals surface area (Å²) < 4.78 is 12.8. The number of rotatable bonds is 9. The number of carbonyl (C=O) groups is 1. The summed E-state index contributed by atoms with van der Waals surface area (Å²) in [5.74, 6) is 2.04. The summed E-state index contributed by atoms with van der Waals surface area (Å²) in [5.41, 5.74) is 8.53. The van der Waals surface area contributed by atoms with Crippen molar-refractivity contribution in [1.82, 2.24) is 5.32 Å². The molecule has 5 aromatic carbocycles. The minimum absolute atomic E-state index is 0.248. The van der Waals surface area contributed by atoms with Crippen LogP contribution in [-0.2, 0) is 32.2 Å². The minimum atomic E-state index is -0.309. The average molecular weight is 657 g/mol. The van der Waals surface area contributed by atoms with E-state index < -0.39 is 0 Å². The summed E-state index contributed by atoms with van der Waals surface area (Å²) >= 11 is 0. The highest BCUT2D eigenvalue weighted by Gasteiger charge is 2.21. The Balaban J connectivity index is 1.46. The van der Waals surface area contributed by atoms with Gasteiger partial charge < -0.3 is 30.3 Å². The molecule has 1 aliphatic carbocycles. The number of ether oxygens (including phenoxy) is 2. The van der Waals surface area contributed by atoms with E-state index in [0.29, 0.717) is 44.6 Å². The first-order chi connectivity index (χ1) is 23.9. The molecule has 0 saturated carbocycles. The van der Waals surface area contributed by atoms with E-state index in [1.807, 2.05) is 97.1 Å². The van der Waals surface area contributed by atoms with E-state index in [9.17, 15) is 15.0 Å². The number of carbonyl (C=O) groups excluding carboxylic acids is 1. The number of phenolic OH excluding ortho intramolecular Hbond substituents is 2. The zero-order chi connectivity index (χ0) is 34.2. The second-order valence-electron chi connectivity index (χ2n) is 12.6. The van der Waals surface area contributed by atoms with Crippen LogP contribution >= 0.6 is 0 Å². The van der Waals surface area contributed by atoms with Gasteiger partial charge in [0.2, 0.25) is 0 Å². The molecule has 7 nitrogen and oxygen atoms in total. The van der Waals surface area contributed by atoms with E-state index in [0.717, 1.165) is 74.4 Å². The maximum Gasteiger partial charge on any atom is 0.319 e. The molecule has 0 fully saturated rings. The standard InChI is InChI=1S/C42H44N2O5/c1-3-19-48-40-33-15-10-16-34(40)24-30-12-9-14-32(39(30)46)26-36-22-28(27-43-42(47)44-37-17-6-5-7-18-37)21-35(41(36)49-20-4-2)25-31-13-8-11-29(23-33)38(31)45/h5-18,21-22,45-46H,3-4,19-20,23-27H2,1-2H3,(H2,43,44,47). The average Bonchev–Trinajstić information content (AvgIpc) is 3.10. The predicted octanol–water partition coefficient (Wildman–Crippen LogP) is 8.67. The van der Waals surface area contributed by atoms with Crippen molar-refractivity contribution >= 4 is 11.7 Å². The van der Waals surface area contributed by atoms with E-state index in [4.69, 9.17) is 9.47 Å². The molecular formula is C42H44N2O5. The summed E-state index contributed by atoms with van der Waals surface area (Å²) in [6.45, 7) is 5.52. The van der Waals surface area contributed by atoms with Gasteiger partial charge in [-0.2, -0.15) is 0 Å². The quantitative estimate of drug-likeness (QED) is 0.125. The highest BCUT2D eigenvalue weighted by Crippen LogP contribution is 2.38. The molecule has 1 aliphatic rings. The van der Waals surface area contributed by atoms with Gasteiger partial charge >= 0.3 is 6.03 Å². The minimum Gasteiger partial charge on any atom is -0.507 e. The molecule has 2 amide bonds. The lowest BCUT2D eigenvalue weighted by molar-refractivity contribution is 0.251. The van der Waals surface area contributed by atoms with Crippen LogP contribution in [0, 0.1) is 0 Å². The van der Waals surface area contributed by atoms with Crippen molar-refractivity contribution in [3.8, 4) is 23.0 Å². The molecule has 8 bridgehead atoms. The van der Waals surface area contributed by atoms with E-state index in [-0.39, 0.29) is 24.1 Å². The van der Waals surface area contributed by atoms with Gasteiger partial charge in [0.15, 0.2) is 0 Å². The van der Waals surface area contributed by atoms with Gasteiger partial charge in [-0.25, -0.2) is 4.79 Å². The Labute approximate surface area is 288 Å². The number of hydrogen-bond acceptors (Lipinski definition) is 5. The molecule has 252 valence electrons. The van der Waals surface area contributed by atoms with E-state index in [1.54, 1.807) is 0 Å².